The van der Waals surface area contributed by atoms with Crippen molar-refractivity contribution < 1.29 is 4.79 Å². The SMILES string of the molecule is CC(=O)c1cc(Br)ccc1Sc1nc(C)cc(=O)[nH]1. The van der Waals surface area contributed by atoms with E-state index in [2.05, 4.69) is 25.9 Å². The third-order valence-electron chi connectivity index (χ3n) is 2.38. The predicted octanol–water partition coefficient (Wildman–Crippen LogP) is 3.19. The summed E-state index contributed by atoms with van der Waals surface area (Å²) >= 11 is 4.61. The lowest BCUT2D eigenvalue weighted by molar-refractivity contribution is 0.101. The van der Waals surface area contributed by atoms with Gasteiger partial charge in [0.15, 0.2) is 10.9 Å². The molecule has 0 amide bonds. The van der Waals surface area contributed by atoms with Crippen LogP contribution < -0.4 is 5.56 Å². The monoisotopic (exact) mass is 338 g/mol. The normalized spacial score (nSPS) is 10.5. The molecule has 1 aromatic carbocycles. The Balaban J connectivity index is 2.43. The molecule has 0 aliphatic carbocycles. The largest absolute Gasteiger partial charge is 0.301 e. The van der Waals surface area contributed by atoms with Gasteiger partial charge in [0, 0.05) is 26.7 Å². The molecule has 0 spiro atoms. The predicted molar refractivity (Wildman–Crippen MR) is 77.9 cm³/mol. The molecule has 0 saturated carbocycles. The van der Waals surface area contributed by atoms with Crippen LogP contribution in [0.1, 0.15) is 23.0 Å². The molecular weight excluding hydrogens is 328 g/mol. The van der Waals surface area contributed by atoms with Crippen LogP contribution in [0, 0.1) is 6.92 Å². The Morgan fingerprint density at radius 3 is 2.74 bits per heavy atom. The average molecular weight is 339 g/mol. The highest BCUT2D eigenvalue weighted by Gasteiger charge is 2.11. The number of aromatic amines is 1. The molecule has 1 N–H and O–H groups in total. The van der Waals surface area contributed by atoms with Gasteiger partial charge >= 0.3 is 0 Å². The lowest BCUT2D eigenvalue weighted by atomic mass is 10.1. The van der Waals surface area contributed by atoms with Crippen LogP contribution in [0.25, 0.3) is 0 Å². The first-order valence-corrected chi connectivity index (χ1v) is 7.13. The molecule has 98 valence electrons. The number of hydrogen-bond donors (Lipinski definition) is 1. The van der Waals surface area contributed by atoms with E-state index in [1.54, 1.807) is 13.0 Å². The molecule has 0 saturated heterocycles. The highest BCUT2D eigenvalue weighted by Crippen LogP contribution is 2.30. The molecule has 0 bridgehead atoms. The fourth-order valence-electron chi connectivity index (χ4n) is 1.57. The molecule has 2 aromatic rings. The maximum absolute atomic E-state index is 11.6. The van der Waals surface area contributed by atoms with Gasteiger partial charge in [0.2, 0.25) is 0 Å². The standard InChI is InChI=1S/C13H11BrN2O2S/c1-7-5-12(18)16-13(15-7)19-11-4-3-9(14)6-10(11)8(2)17/h3-6H,1-2H3,(H,15,16,18). The van der Waals surface area contributed by atoms with Crippen molar-refractivity contribution >= 4 is 33.5 Å². The summed E-state index contributed by atoms with van der Waals surface area (Å²) in [7, 11) is 0. The molecule has 4 nitrogen and oxygen atoms in total. The van der Waals surface area contributed by atoms with Crippen molar-refractivity contribution in [2.75, 3.05) is 0 Å². The number of ketones is 1. The molecule has 1 heterocycles. The van der Waals surface area contributed by atoms with E-state index >= 15 is 0 Å². The number of nitrogens with one attached hydrogen (secondary N) is 1. The Bertz CT molecular complexity index is 697. The quantitative estimate of drug-likeness (QED) is 0.689. The smallest absolute Gasteiger partial charge is 0.251 e. The van der Waals surface area contributed by atoms with Gasteiger partial charge < -0.3 is 4.98 Å². The second kappa shape index (κ2) is 5.71. The number of aryl methyl sites for hydroxylation is 1. The molecular formula is C13H11BrN2O2S. The van der Waals surface area contributed by atoms with E-state index in [4.69, 9.17) is 0 Å². The molecule has 2 rings (SSSR count). The summed E-state index contributed by atoms with van der Waals surface area (Å²) in [5.41, 5.74) is 1.05. The van der Waals surface area contributed by atoms with Gasteiger partial charge in [-0.2, -0.15) is 0 Å². The first-order valence-electron chi connectivity index (χ1n) is 5.52. The Kier molecular flexibility index (Phi) is 4.21. The van der Waals surface area contributed by atoms with Crippen LogP contribution in [0.2, 0.25) is 0 Å². The zero-order valence-corrected chi connectivity index (χ0v) is 12.8. The van der Waals surface area contributed by atoms with Gasteiger partial charge in [-0.3, -0.25) is 9.59 Å². The Morgan fingerprint density at radius 2 is 2.11 bits per heavy atom. The Hall–Kier alpha value is -1.40. The number of hydrogen-bond acceptors (Lipinski definition) is 4. The van der Waals surface area contributed by atoms with E-state index in [0.29, 0.717) is 16.4 Å². The molecule has 19 heavy (non-hydrogen) atoms. The van der Waals surface area contributed by atoms with Crippen molar-refractivity contribution in [3.05, 3.63) is 50.3 Å². The van der Waals surface area contributed by atoms with Gasteiger partial charge in [0.25, 0.3) is 5.56 Å². The summed E-state index contributed by atoms with van der Waals surface area (Å²) < 4.78 is 0.841. The number of H-pyrrole nitrogens is 1. The van der Waals surface area contributed by atoms with Crippen molar-refractivity contribution in [1.82, 2.24) is 9.97 Å². The van der Waals surface area contributed by atoms with Gasteiger partial charge in [0.05, 0.1) is 0 Å². The third kappa shape index (κ3) is 3.54. The van der Waals surface area contributed by atoms with Gasteiger partial charge in [-0.25, -0.2) is 4.98 Å². The van der Waals surface area contributed by atoms with E-state index in [9.17, 15) is 9.59 Å². The number of halogens is 1. The lowest BCUT2D eigenvalue weighted by Gasteiger charge is -2.07. The molecule has 0 fully saturated rings. The number of carbonyl (C=O) groups is 1. The van der Waals surface area contributed by atoms with Crippen LogP contribution in [0.5, 0.6) is 0 Å². The molecule has 0 radical (unpaired) electrons. The van der Waals surface area contributed by atoms with E-state index in [1.807, 2.05) is 12.1 Å². The minimum Gasteiger partial charge on any atom is -0.301 e. The molecule has 1 aromatic heterocycles. The highest BCUT2D eigenvalue weighted by molar-refractivity contribution is 9.10. The topological polar surface area (TPSA) is 62.8 Å². The fraction of sp³-hybridized carbons (Fsp3) is 0.154. The van der Waals surface area contributed by atoms with E-state index in [1.165, 1.54) is 24.8 Å². The molecule has 6 heteroatoms. The lowest BCUT2D eigenvalue weighted by Crippen LogP contribution is -2.08. The van der Waals surface area contributed by atoms with Crippen molar-refractivity contribution in [2.45, 2.75) is 23.9 Å². The summed E-state index contributed by atoms with van der Waals surface area (Å²) in [6.07, 6.45) is 0. The summed E-state index contributed by atoms with van der Waals surface area (Å²) in [6, 6.07) is 6.87. The van der Waals surface area contributed by atoms with Gasteiger partial charge in [-0.1, -0.05) is 27.7 Å². The Morgan fingerprint density at radius 1 is 1.37 bits per heavy atom. The van der Waals surface area contributed by atoms with Crippen LogP contribution in [0.4, 0.5) is 0 Å². The van der Waals surface area contributed by atoms with Crippen molar-refractivity contribution in [2.24, 2.45) is 0 Å². The minimum absolute atomic E-state index is 0.0289. The highest BCUT2D eigenvalue weighted by atomic mass is 79.9. The number of rotatable bonds is 3. The van der Waals surface area contributed by atoms with Crippen molar-refractivity contribution in [3.63, 3.8) is 0 Å². The van der Waals surface area contributed by atoms with Crippen molar-refractivity contribution in [1.29, 1.82) is 0 Å². The minimum atomic E-state index is -0.198. The van der Waals surface area contributed by atoms with Gasteiger partial charge in [-0.05, 0) is 32.0 Å². The number of carbonyl (C=O) groups excluding carboxylic acids is 1. The number of benzene rings is 1. The third-order valence-corrected chi connectivity index (χ3v) is 3.83. The number of aromatic nitrogens is 2. The molecule has 0 aliphatic rings. The average Bonchev–Trinajstić information content (AvgIpc) is 2.30. The maximum atomic E-state index is 11.6. The first-order chi connectivity index (χ1) is 8.95. The molecule has 0 unspecified atom stereocenters. The van der Waals surface area contributed by atoms with Crippen LogP contribution in [0.15, 0.2) is 43.6 Å². The van der Waals surface area contributed by atoms with Crippen molar-refractivity contribution in [3.8, 4) is 0 Å². The summed E-state index contributed by atoms with van der Waals surface area (Å²) in [5, 5.41) is 0.481. The van der Waals surface area contributed by atoms with E-state index in [0.717, 1.165) is 9.37 Å². The zero-order chi connectivity index (χ0) is 14.0. The van der Waals surface area contributed by atoms with Gasteiger partial charge in [0.1, 0.15) is 0 Å². The van der Waals surface area contributed by atoms with E-state index in [-0.39, 0.29) is 11.3 Å². The van der Waals surface area contributed by atoms with Crippen LogP contribution in [-0.2, 0) is 0 Å². The molecule has 0 atom stereocenters. The van der Waals surface area contributed by atoms with E-state index < -0.39 is 0 Å². The fourth-order valence-corrected chi connectivity index (χ4v) is 2.93. The first kappa shape index (κ1) is 14.0. The van der Waals surface area contributed by atoms with Crippen LogP contribution >= 0.6 is 27.7 Å². The van der Waals surface area contributed by atoms with Gasteiger partial charge in [-0.15, -0.1) is 0 Å². The second-order valence-electron chi connectivity index (χ2n) is 3.99. The van der Waals surface area contributed by atoms with Crippen LogP contribution in [-0.4, -0.2) is 15.8 Å². The number of Topliss-reactive ketones (excluding diaryl/α,β-unsaturated/α-hetero) is 1. The maximum Gasteiger partial charge on any atom is 0.251 e. The molecule has 0 aliphatic heterocycles. The zero-order valence-electron chi connectivity index (χ0n) is 10.4. The second-order valence-corrected chi connectivity index (χ2v) is 5.94. The summed E-state index contributed by atoms with van der Waals surface area (Å²) in [4.78, 5) is 30.7. The van der Waals surface area contributed by atoms with Crippen LogP contribution in [0.3, 0.4) is 0 Å². The summed E-state index contributed by atoms with van der Waals surface area (Å²) in [6.45, 7) is 3.27. The Labute approximate surface area is 122 Å². The summed E-state index contributed by atoms with van der Waals surface area (Å²) in [5.74, 6) is -0.0289. The number of nitrogens with zero attached hydrogens (tertiary/aromatic N) is 1.